The molecule has 0 saturated heterocycles. The summed E-state index contributed by atoms with van der Waals surface area (Å²) in [5, 5.41) is 0. The Morgan fingerprint density at radius 3 is 0.500 bits per heavy atom. The van der Waals surface area contributed by atoms with Gasteiger partial charge in [0.2, 0.25) is 0 Å². The van der Waals surface area contributed by atoms with E-state index in [1.54, 1.807) is 0 Å². The molecule has 1 radical (unpaired) electrons. The van der Waals surface area contributed by atoms with Crippen molar-refractivity contribution in [1.82, 2.24) is 0 Å². The van der Waals surface area contributed by atoms with Crippen molar-refractivity contribution in [1.29, 1.82) is 0 Å². The Labute approximate surface area is 56.4 Å². The molecule has 3 N–H and O–H groups in total. The number of hydrogen-bond donors (Lipinski definition) is 0. The summed E-state index contributed by atoms with van der Waals surface area (Å²) >= 11 is 0. The Morgan fingerprint density at radius 2 is 0.500 bits per heavy atom. The minimum atomic E-state index is 0. The van der Waals surface area contributed by atoms with Gasteiger partial charge in [-0.15, -0.1) is 0 Å². The van der Waals surface area contributed by atoms with E-state index in [1.807, 2.05) is 0 Å². The van der Waals surface area contributed by atoms with Crippen molar-refractivity contribution >= 4 is 0 Å². The number of rotatable bonds is 0. The van der Waals surface area contributed by atoms with Gasteiger partial charge in [-0.3, -0.25) is 0 Å². The standard InChI is InChI=1S/3H2O.Sm/h3*1H2;/q;;;+3/p-3. The van der Waals surface area contributed by atoms with Gasteiger partial charge < -0.3 is 16.4 Å². The van der Waals surface area contributed by atoms with Crippen LogP contribution in [-0.2, 0) is 0 Å². The van der Waals surface area contributed by atoms with E-state index in [1.165, 1.54) is 0 Å². The summed E-state index contributed by atoms with van der Waals surface area (Å²) in [4.78, 5) is 0. The third-order valence-corrected chi connectivity index (χ3v) is 0. The summed E-state index contributed by atoms with van der Waals surface area (Å²) in [7, 11) is 0. The first-order chi connectivity index (χ1) is 0. The largest absolute Gasteiger partial charge is 3.00 e. The maximum Gasteiger partial charge on any atom is 3.00 e. The minimum Gasteiger partial charge on any atom is -0.870 e. The molecule has 4 heavy (non-hydrogen) atoms. The Morgan fingerprint density at radius 1 is 0.500 bits per heavy atom. The van der Waals surface area contributed by atoms with Gasteiger partial charge in [-0.25, -0.2) is 0 Å². The van der Waals surface area contributed by atoms with Gasteiger partial charge >= 0.3 is 40.4 Å². The predicted octanol–water partition coefficient (Wildman–Crippen LogP) is -0.530. The van der Waals surface area contributed by atoms with Crippen molar-refractivity contribution in [3.63, 3.8) is 0 Å². The molecular formula is H3O3Sm. The van der Waals surface area contributed by atoms with Gasteiger partial charge in [-0.2, -0.15) is 0 Å². The minimum absolute atomic E-state index is 0. The Bertz CT molecular complexity index is 3.25. The van der Waals surface area contributed by atoms with Crippen LogP contribution in [0.25, 0.3) is 0 Å². The van der Waals surface area contributed by atoms with Gasteiger partial charge in [0, 0.05) is 0 Å². The third kappa shape index (κ3) is 10.7. The van der Waals surface area contributed by atoms with Gasteiger partial charge in [-0.05, 0) is 0 Å². The van der Waals surface area contributed by atoms with Crippen LogP contribution in [0.3, 0.4) is 0 Å². The van der Waals surface area contributed by atoms with E-state index in [0.29, 0.717) is 0 Å². The van der Waals surface area contributed by atoms with Crippen LogP contribution in [0.2, 0.25) is 0 Å². The Kier molecular flexibility index (Phi) is 461. The van der Waals surface area contributed by atoms with E-state index in [0.717, 1.165) is 0 Å². The first-order valence-corrected chi connectivity index (χ1v) is 0. The van der Waals surface area contributed by atoms with E-state index in [4.69, 9.17) is 0 Å². The zero-order valence-corrected chi connectivity index (χ0v) is 4.37. The zero-order chi connectivity index (χ0) is 0. The summed E-state index contributed by atoms with van der Waals surface area (Å²) in [5.41, 5.74) is 0. The quantitative estimate of drug-likeness (QED) is 0.527. The second kappa shape index (κ2) is 29.5. The van der Waals surface area contributed by atoms with Gasteiger partial charge in [0.1, 0.15) is 0 Å². The molecule has 0 aromatic heterocycles. The summed E-state index contributed by atoms with van der Waals surface area (Å²) < 4.78 is 0. The monoisotopic (exact) mass is 203 g/mol. The molecule has 0 atom stereocenters. The van der Waals surface area contributed by atoms with Gasteiger partial charge in [-0.1, -0.05) is 0 Å². The molecule has 0 unspecified atom stereocenters. The summed E-state index contributed by atoms with van der Waals surface area (Å²) in [6.45, 7) is 0. The van der Waals surface area contributed by atoms with Crippen LogP contribution >= 0.6 is 0 Å². The van der Waals surface area contributed by atoms with Gasteiger partial charge in [0.05, 0.1) is 0 Å². The second-order valence-corrected chi connectivity index (χ2v) is 0. The predicted molar refractivity (Wildman–Crippen MR) is 5.81 cm³/mol. The molecule has 0 aliphatic rings. The smallest absolute Gasteiger partial charge is 0.870 e. The topological polar surface area (TPSA) is 90.0 Å². The van der Waals surface area contributed by atoms with E-state index in [2.05, 4.69) is 0 Å². The van der Waals surface area contributed by atoms with Crippen LogP contribution in [0.4, 0.5) is 0 Å². The molecule has 0 fully saturated rings. The van der Waals surface area contributed by atoms with Crippen LogP contribution in [0.15, 0.2) is 0 Å². The second-order valence-electron chi connectivity index (χ2n) is 0. The molecular weight excluding hydrogens is 198 g/mol. The summed E-state index contributed by atoms with van der Waals surface area (Å²) in [6.07, 6.45) is 0. The molecule has 0 saturated carbocycles. The molecule has 4 heteroatoms. The van der Waals surface area contributed by atoms with Crippen LogP contribution < -0.4 is 0 Å². The summed E-state index contributed by atoms with van der Waals surface area (Å²) in [5.74, 6) is 0. The average Bonchev–Trinajstić information content (AvgIpc) is 0. The third-order valence-electron chi connectivity index (χ3n) is 0. The van der Waals surface area contributed by atoms with Gasteiger partial charge in [0.15, 0.2) is 0 Å². The maximum absolute atomic E-state index is 0. The molecule has 0 spiro atoms. The van der Waals surface area contributed by atoms with Crippen molar-refractivity contribution < 1.29 is 56.8 Å². The molecule has 0 aliphatic carbocycles. The normalized spacial score (nSPS) is 0. The maximum atomic E-state index is 0. The van der Waals surface area contributed by atoms with E-state index < -0.39 is 0 Å². The van der Waals surface area contributed by atoms with Crippen LogP contribution in [0, 0.1) is 40.4 Å². The molecule has 3 nitrogen and oxygen atoms in total. The molecule has 0 aromatic carbocycles. The van der Waals surface area contributed by atoms with Crippen molar-refractivity contribution in [3.8, 4) is 0 Å². The molecule has 0 rings (SSSR count). The fourth-order valence-electron chi connectivity index (χ4n) is 0. The fourth-order valence-corrected chi connectivity index (χ4v) is 0. The Balaban J connectivity index is 0. The van der Waals surface area contributed by atoms with Crippen molar-refractivity contribution in [2.24, 2.45) is 0 Å². The first kappa shape index (κ1) is 62.6. The molecule has 0 heterocycles. The van der Waals surface area contributed by atoms with Crippen LogP contribution in [-0.4, -0.2) is 16.4 Å². The van der Waals surface area contributed by atoms with Crippen LogP contribution in [0.1, 0.15) is 0 Å². The molecule has 0 amide bonds. The van der Waals surface area contributed by atoms with Crippen molar-refractivity contribution in [3.05, 3.63) is 0 Å². The Hall–Kier alpha value is 1.22. The fraction of sp³-hybridized carbons (Fsp3) is 0. The van der Waals surface area contributed by atoms with Gasteiger partial charge in [0.25, 0.3) is 0 Å². The molecule has 27 valence electrons. The SMILES string of the molecule is [OH-].[OH-].[OH-].[Sm+3]. The molecule has 0 bridgehead atoms. The van der Waals surface area contributed by atoms with E-state index in [9.17, 15) is 0 Å². The molecule has 0 aromatic rings. The van der Waals surface area contributed by atoms with Crippen LogP contribution in [0.5, 0.6) is 0 Å². The average molecular weight is 201 g/mol. The zero-order valence-electron chi connectivity index (χ0n) is 1.75. The molecule has 0 aliphatic heterocycles. The summed E-state index contributed by atoms with van der Waals surface area (Å²) in [6, 6.07) is 0. The van der Waals surface area contributed by atoms with E-state index in [-0.39, 0.29) is 56.8 Å². The number of hydrogen-bond acceptors (Lipinski definition) is 3. The van der Waals surface area contributed by atoms with Crippen molar-refractivity contribution in [2.75, 3.05) is 0 Å². The van der Waals surface area contributed by atoms with E-state index >= 15 is 0 Å². The first-order valence-electron chi connectivity index (χ1n) is 0. The van der Waals surface area contributed by atoms with Crippen molar-refractivity contribution in [2.45, 2.75) is 0 Å².